The van der Waals surface area contributed by atoms with Crippen molar-refractivity contribution in [1.29, 1.82) is 0 Å². The summed E-state index contributed by atoms with van der Waals surface area (Å²) in [6, 6.07) is 14.3. The molecule has 0 amide bonds. The highest BCUT2D eigenvalue weighted by atomic mass is 32.2. The molecule has 0 atom stereocenters. The topological polar surface area (TPSA) is 61.9 Å². The Bertz CT molecular complexity index is 897. The molecule has 0 aromatic heterocycles. The first-order valence-corrected chi connectivity index (χ1v) is 12.1. The number of nitrogens with zero attached hydrogens (tertiary/aromatic N) is 2. The highest BCUT2D eigenvalue weighted by Crippen LogP contribution is 2.22. The van der Waals surface area contributed by atoms with Gasteiger partial charge < -0.3 is 9.64 Å². The number of ether oxygens (including phenoxy) is 1. The molecule has 0 fully saturated rings. The average Bonchev–Trinajstić information content (AvgIpc) is 2.74. The van der Waals surface area contributed by atoms with E-state index in [1.165, 1.54) is 24.2 Å². The number of anilines is 2. The summed E-state index contributed by atoms with van der Waals surface area (Å²) in [5.74, 6) is 0.742. The number of unbranched alkanes of at least 4 members (excludes halogenated alkanes) is 3. The Hall–Kier alpha value is -2.51. The normalized spacial score (nSPS) is 11.4. The summed E-state index contributed by atoms with van der Waals surface area (Å²) in [6.45, 7) is 8.38. The number of benzene rings is 2. The largest absolute Gasteiger partial charge is 0.494 e. The van der Waals surface area contributed by atoms with Crippen LogP contribution in [0, 0.1) is 6.92 Å². The molecule has 0 aliphatic heterocycles. The molecule has 0 saturated carbocycles. The van der Waals surface area contributed by atoms with Gasteiger partial charge in [0.2, 0.25) is 0 Å². The van der Waals surface area contributed by atoms with Crippen LogP contribution in [0.3, 0.4) is 0 Å². The van der Waals surface area contributed by atoms with Gasteiger partial charge in [-0.3, -0.25) is 9.03 Å². The summed E-state index contributed by atoms with van der Waals surface area (Å²) in [7, 11) is -0.0647. The number of rotatable bonds is 14. The van der Waals surface area contributed by atoms with Gasteiger partial charge in [-0.2, -0.15) is 8.42 Å². The van der Waals surface area contributed by atoms with E-state index in [2.05, 4.69) is 23.2 Å². The number of hydrogen-bond acceptors (Lipinski definition) is 4. The summed E-state index contributed by atoms with van der Waals surface area (Å²) >= 11 is 0. The minimum absolute atomic E-state index is 0.532. The first-order valence-electron chi connectivity index (χ1n) is 10.7. The average molecular weight is 446 g/mol. The third kappa shape index (κ3) is 8.63. The Kier molecular flexibility index (Phi) is 9.88. The van der Waals surface area contributed by atoms with Crippen LogP contribution >= 0.6 is 0 Å². The van der Waals surface area contributed by atoms with E-state index in [-0.39, 0.29) is 0 Å². The standard InChI is InChI=1S/C24H35N3O3S/c1-5-18-26(3)19-8-6-7-9-20-30-24-16-14-23(15-17-24)27(4)31(28,29)25-22-12-10-21(2)11-13-22/h5,10-17,25H,1,6-9,18-20H2,2-4H3. The summed E-state index contributed by atoms with van der Waals surface area (Å²) in [5, 5.41) is 0. The Morgan fingerprint density at radius 3 is 2.26 bits per heavy atom. The van der Waals surface area contributed by atoms with Gasteiger partial charge in [0.1, 0.15) is 5.75 Å². The zero-order valence-corrected chi connectivity index (χ0v) is 19.7. The lowest BCUT2D eigenvalue weighted by atomic mass is 10.2. The molecule has 6 nitrogen and oxygen atoms in total. The fourth-order valence-electron chi connectivity index (χ4n) is 3.07. The molecule has 0 saturated heterocycles. The molecule has 2 aromatic carbocycles. The molecule has 0 aliphatic carbocycles. The smallest absolute Gasteiger partial charge is 0.323 e. The van der Waals surface area contributed by atoms with Gasteiger partial charge in [0, 0.05) is 13.6 Å². The van der Waals surface area contributed by atoms with Gasteiger partial charge in [-0.15, -0.1) is 6.58 Å². The summed E-state index contributed by atoms with van der Waals surface area (Å²) in [4.78, 5) is 2.26. The lowest BCUT2D eigenvalue weighted by Gasteiger charge is -2.20. The van der Waals surface area contributed by atoms with Gasteiger partial charge in [-0.25, -0.2) is 0 Å². The monoisotopic (exact) mass is 445 g/mol. The maximum atomic E-state index is 12.6. The lowest BCUT2D eigenvalue weighted by Crippen LogP contribution is -2.32. The maximum absolute atomic E-state index is 12.6. The van der Waals surface area contributed by atoms with Crippen LogP contribution in [0.4, 0.5) is 11.4 Å². The molecule has 0 aliphatic rings. The van der Waals surface area contributed by atoms with Crippen LogP contribution in [0.15, 0.2) is 61.2 Å². The van der Waals surface area contributed by atoms with Crippen molar-refractivity contribution in [2.75, 3.05) is 42.8 Å². The Morgan fingerprint density at radius 2 is 1.61 bits per heavy atom. The second-order valence-electron chi connectivity index (χ2n) is 7.75. The lowest BCUT2D eigenvalue weighted by molar-refractivity contribution is 0.300. The van der Waals surface area contributed by atoms with Crippen molar-refractivity contribution in [3.05, 3.63) is 66.7 Å². The van der Waals surface area contributed by atoms with Crippen LogP contribution in [0.5, 0.6) is 5.75 Å². The third-order valence-corrected chi connectivity index (χ3v) is 6.43. The Balaban J connectivity index is 1.75. The third-order valence-electron chi connectivity index (χ3n) is 5.00. The van der Waals surface area contributed by atoms with Crippen LogP contribution in [-0.2, 0) is 10.2 Å². The molecule has 31 heavy (non-hydrogen) atoms. The fraction of sp³-hybridized carbons (Fsp3) is 0.417. The molecule has 2 aromatic rings. The van der Waals surface area contributed by atoms with Gasteiger partial charge in [-0.05, 0) is 69.8 Å². The second-order valence-corrected chi connectivity index (χ2v) is 9.45. The predicted octanol–water partition coefficient (Wildman–Crippen LogP) is 4.85. The highest BCUT2D eigenvalue weighted by Gasteiger charge is 2.18. The number of likely N-dealkylation sites (N-methyl/N-ethyl adjacent to an activating group) is 1. The van der Waals surface area contributed by atoms with E-state index in [9.17, 15) is 8.42 Å². The van der Waals surface area contributed by atoms with E-state index in [1.54, 1.807) is 36.4 Å². The van der Waals surface area contributed by atoms with E-state index >= 15 is 0 Å². The minimum Gasteiger partial charge on any atom is -0.494 e. The van der Waals surface area contributed by atoms with Crippen molar-refractivity contribution in [2.45, 2.75) is 32.6 Å². The maximum Gasteiger partial charge on any atom is 0.323 e. The van der Waals surface area contributed by atoms with Crippen molar-refractivity contribution in [2.24, 2.45) is 0 Å². The first kappa shape index (κ1) is 24.8. The Morgan fingerprint density at radius 1 is 0.968 bits per heavy atom. The van der Waals surface area contributed by atoms with Crippen LogP contribution in [0.1, 0.15) is 31.2 Å². The van der Waals surface area contributed by atoms with Crippen molar-refractivity contribution >= 4 is 21.6 Å². The second kappa shape index (κ2) is 12.4. The van der Waals surface area contributed by atoms with Crippen LogP contribution in [-0.4, -0.2) is 47.1 Å². The SMILES string of the molecule is C=CCN(C)CCCCCCOc1ccc(N(C)S(=O)(=O)Nc2ccc(C)cc2)cc1. The molecule has 170 valence electrons. The van der Waals surface area contributed by atoms with Crippen molar-refractivity contribution < 1.29 is 13.2 Å². The number of nitrogens with one attached hydrogen (secondary N) is 1. The van der Waals surface area contributed by atoms with Gasteiger partial charge in [-0.1, -0.05) is 36.6 Å². The predicted molar refractivity (Wildman–Crippen MR) is 130 cm³/mol. The molecule has 0 radical (unpaired) electrons. The van der Waals surface area contributed by atoms with E-state index in [0.29, 0.717) is 18.0 Å². The van der Waals surface area contributed by atoms with Crippen LogP contribution in [0.25, 0.3) is 0 Å². The quantitative estimate of drug-likeness (QED) is 0.334. The van der Waals surface area contributed by atoms with E-state index in [4.69, 9.17) is 4.74 Å². The zero-order valence-electron chi connectivity index (χ0n) is 18.9. The zero-order chi connectivity index (χ0) is 22.7. The van der Waals surface area contributed by atoms with Crippen molar-refractivity contribution in [1.82, 2.24) is 4.90 Å². The van der Waals surface area contributed by atoms with Crippen LogP contribution < -0.4 is 13.8 Å². The number of hydrogen-bond donors (Lipinski definition) is 1. The molecule has 0 heterocycles. The van der Waals surface area contributed by atoms with Gasteiger partial charge in [0.15, 0.2) is 0 Å². The van der Waals surface area contributed by atoms with E-state index in [1.807, 2.05) is 25.1 Å². The fourth-order valence-corrected chi connectivity index (χ4v) is 4.04. The minimum atomic E-state index is -3.70. The van der Waals surface area contributed by atoms with Gasteiger partial charge >= 0.3 is 10.2 Å². The molecular formula is C24H35N3O3S. The van der Waals surface area contributed by atoms with E-state index in [0.717, 1.165) is 37.2 Å². The summed E-state index contributed by atoms with van der Waals surface area (Å²) in [6.07, 6.45) is 6.41. The summed E-state index contributed by atoms with van der Waals surface area (Å²) in [5.41, 5.74) is 2.17. The molecule has 1 N–H and O–H groups in total. The highest BCUT2D eigenvalue weighted by molar-refractivity contribution is 7.94. The van der Waals surface area contributed by atoms with Gasteiger partial charge in [0.25, 0.3) is 0 Å². The molecule has 0 unspecified atom stereocenters. The van der Waals surface area contributed by atoms with Crippen molar-refractivity contribution in [3.63, 3.8) is 0 Å². The molecular weight excluding hydrogens is 410 g/mol. The first-order chi connectivity index (χ1) is 14.8. The van der Waals surface area contributed by atoms with Gasteiger partial charge in [0.05, 0.1) is 18.0 Å². The molecule has 0 spiro atoms. The molecule has 7 heteroatoms. The van der Waals surface area contributed by atoms with Crippen molar-refractivity contribution in [3.8, 4) is 5.75 Å². The number of aryl methyl sites for hydroxylation is 1. The molecule has 0 bridgehead atoms. The summed E-state index contributed by atoms with van der Waals surface area (Å²) < 4.78 is 34.8. The van der Waals surface area contributed by atoms with E-state index < -0.39 is 10.2 Å². The Labute approximate surface area is 187 Å². The van der Waals surface area contributed by atoms with Crippen LogP contribution in [0.2, 0.25) is 0 Å². The molecule has 2 rings (SSSR count).